The van der Waals surface area contributed by atoms with Gasteiger partial charge in [-0.2, -0.15) is 10.2 Å². The summed E-state index contributed by atoms with van der Waals surface area (Å²) in [5.41, 5.74) is 0.259. The Bertz CT molecular complexity index is 411. The quantitative estimate of drug-likeness (QED) is 0.677. The van der Waals surface area contributed by atoms with Crippen LogP contribution in [0.3, 0.4) is 0 Å². The first-order valence-corrected chi connectivity index (χ1v) is 3.92. The number of nitriles is 1. The van der Waals surface area contributed by atoms with Crippen LogP contribution in [-0.4, -0.2) is 25.4 Å². The first-order chi connectivity index (χ1) is 7.21. The van der Waals surface area contributed by atoms with Crippen molar-refractivity contribution in [3.8, 4) is 17.8 Å². The first-order valence-electron chi connectivity index (χ1n) is 3.92. The Morgan fingerprint density at radius 2 is 2.20 bits per heavy atom. The van der Waals surface area contributed by atoms with Crippen LogP contribution in [0.5, 0.6) is 11.8 Å². The highest BCUT2D eigenvalue weighted by atomic mass is 16.7. The molecule has 0 spiro atoms. The fraction of sp³-hybridized carbons (Fsp3) is 0.222. The third-order valence-electron chi connectivity index (χ3n) is 1.50. The Labute approximate surface area is 86.0 Å². The molecule has 1 rings (SSSR count). The van der Waals surface area contributed by atoms with Crippen molar-refractivity contribution in [2.45, 2.75) is 0 Å². The molecule has 0 saturated heterocycles. The van der Waals surface area contributed by atoms with E-state index in [-0.39, 0.29) is 17.3 Å². The van der Waals surface area contributed by atoms with Gasteiger partial charge in [0.15, 0.2) is 0 Å². The third-order valence-corrected chi connectivity index (χ3v) is 1.50. The lowest BCUT2D eigenvalue weighted by Crippen LogP contribution is -2.08. The molecule has 0 amide bonds. The first kappa shape index (κ1) is 10.8. The van der Waals surface area contributed by atoms with Crippen molar-refractivity contribution in [3.63, 3.8) is 0 Å². The number of pyridine rings is 1. The zero-order chi connectivity index (χ0) is 11.3. The molecule has 0 aliphatic carbocycles. The van der Waals surface area contributed by atoms with Crippen molar-refractivity contribution in [1.82, 2.24) is 4.98 Å². The molecule has 0 aliphatic rings. The van der Waals surface area contributed by atoms with Crippen LogP contribution in [0, 0.1) is 11.3 Å². The van der Waals surface area contributed by atoms with Crippen molar-refractivity contribution in [1.29, 1.82) is 5.26 Å². The maximum atomic E-state index is 10.7. The van der Waals surface area contributed by atoms with Crippen LogP contribution in [0.25, 0.3) is 0 Å². The number of ether oxygens (including phenoxy) is 3. The number of nitrogens with zero attached hydrogens (tertiary/aromatic N) is 2. The molecule has 0 aliphatic heterocycles. The number of methoxy groups -OCH3 is 2. The Morgan fingerprint density at radius 3 is 2.73 bits per heavy atom. The molecule has 0 radical (unpaired) electrons. The summed E-state index contributed by atoms with van der Waals surface area (Å²) < 4.78 is 13.7. The van der Waals surface area contributed by atoms with Crippen molar-refractivity contribution >= 4 is 6.16 Å². The Morgan fingerprint density at radius 1 is 1.47 bits per heavy atom. The minimum absolute atomic E-state index is 0.0118. The molecular formula is C9H8N2O4. The van der Waals surface area contributed by atoms with Gasteiger partial charge < -0.3 is 14.2 Å². The summed E-state index contributed by atoms with van der Waals surface area (Å²) >= 11 is 0. The summed E-state index contributed by atoms with van der Waals surface area (Å²) in [6.07, 6.45) is -0.880. The zero-order valence-electron chi connectivity index (χ0n) is 8.18. The maximum absolute atomic E-state index is 10.7. The fourth-order valence-electron chi connectivity index (χ4n) is 0.848. The van der Waals surface area contributed by atoms with E-state index in [1.807, 2.05) is 6.07 Å². The smallest absolute Gasteiger partial charge is 0.480 e. The summed E-state index contributed by atoms with van der Waals surface area (Å²) in [7, 11) is 2.55. The molecule has 1 heterocycles. The molecule has 78 valence electrons. The number of hydrogen-bond acceptors (Lipinski definition) is 6. The summed E-state index contributed by atoms with van der Waals surface area (Å²) in [4.78, 5) is 14.5. The van der Waals surface area contributed by atoms with Crippen LogP contribution < -0.4 is 9.47 Å². The average molecular weight is 208 g/mol. The molecule has 1 aromatic heterocycles. The lowest BCUT2D eigenvalue weighted by atomic mass is 10.3. The van der Waals surface area contributed by atoms with Gasteiger partial charge in [-0.15, -0.1) is 0 Å². The van der Waals surface area contributed by atoms with E-state index in [2.05, 4.69) is 14.5 Å². The lowest BCUT2D eigenvalue weighted by Gasteiger charge is -2.04. The van der Waals surface area contributed by atoms with Crippen LogP contribution in [-0.2, 0) is 4.74 Å². The van der Waals surface area contributed by atoms with E-state index in [1.54, 1.807) is 0 Å². The van der Waals surface area contributed by atoms with Gasteiger partial charge in [-0.3, -0.25) is 0 Å². The molecule has 0 unspecified atom stereocenters. The molecule has 0 fully saturated rings. The molecule has 0 N–H and O–H groups in total. The highest BCUT2D eigenvalue weighted by Gasteiger charge is 2.09. The molecule has 15 heavy (non-hydrogen) atoms. The molecule has 6 heteroatoms. The second kappa shape index (κ2) is 4.81. The van der Waals surface area contributed by atoms with Crippen molar-refractivity contribution < 1.29 is 19.0 Å². The summed E-state index contributed by atoms with van der Waals surface area (Å²) in [6.45, 7) is 0. The second-order valence-corrected chi connectivity index (χ2v) is 2.37. The van der Waals surface area contributed by atoms with Gasteiger partial charge in [0.25, 0.3) is 0 Å². The lowest BCUT2D eigenvalue weighted by molar-refractivity contribution is 0.119. The van der Waals surface area contributed by atoms with Crippen LogP contribution in [0.1, 0.15) is 5.56 Å². The topological polar surface area (TPSA) is 81.4 Å². The summed E-state index contributed by atoms with van der Waals surface area (Å²) in [6, 6.07) is 4.69. The number of aromatic nitrogens is 1. The Hall–Kier alpha value is -2.29. The molecule has 6 nitrogen and oxygen atoms in total. The van der Waals surface area contributed by atoms with Crippen LogP contribution in [0.2, 0.25) is 0 Å². The van der Waals surface area contributed by atoms with Crippen LogP contribution in [0.15, 0.2) is 12.1 Å². The van der Waals surface area contributed by atoms with Crippen molar-refractivity contribution in [2.75, 3.05) is 14.2 Å². The van der Waals surface area contributed by atoms with Gasteiger partial charge in [0, 0.05) is 6.07 Å². The largest absolute Gasteiger partial charge is 0.514 e. The molecule has 0 atom stereocenters. The zero-order valence-corrected chi connectivity index (χ0v) is 8.18. The van der Waals surface area contributed by atoms with Crippen molar-refractivity contribution in [2.24, 2.45) is 0 Å². The standard InChI is InChI=1S/C9H8N2O4/c1-13-8-6(5-10)3-4-7(11-8)15-9(12)14-2/h3-4H,1-2H3. The molecular weight excluding hydrogens is 200 g/mol. The van der Waals surface area contributed by atoms with E-state index in [4.69, 9.17) is 10.00 Å². The molecule has 0 aromatic carbocycles. The van der Waals surface area contributed by atoms with Crippen LogP contribution in [0.4, 0.5) is 4.79 Å². The normalized spacial score (nSPS) is 8.87. The number of carbonyl (C=O) groups excluding carboxylic acids is 1. The van der Waals surface area contributed by atoms with Gasteiger partial charge in [0.05, 0.1) is 14.2 Å². The van der Waals surface area contributed by atoms with Gasteiger partial charge in [-0.1, -0.05) is 0 Å². The monoisotopic (exact) mass is 208 g/mol. The van der Waals surface area contributed by atoms with Gasteiger partial charge in [-0.05, 0) is 6.07 Å². The highest BCUT2D eigenvalue weighted by Crippen LogP contribution is 2.18. The summed E-state index contributed by atoms with van der Waals surface area (Å²) in [5.74, 6) is 0.108. The predicted octanol–water partition coefficient (Wildman–Crippen LogP) is 1.11. The Kier molecular flexibility index (Phi) is 3.46. The average Bonchev–Trinajstić information content (AvgIpc) is 2.28. The maximum Gasteiger partial charge on any atom is 0.514 e. The van der Waals surface area contributed by atoms with Gasteiger partial charge >= 0.3 is 6.16 Å². The molecule has 0 bridgehead atoms. The third kappa shape index (κ3) is 2.57. The highest BCUT2D eigenvalue weighted by molar-refractivity contribution is 5.63. The van der Waals surface area contributed by atoms with E-state index in [0.29, 0.717) is 0 Å². The minimum Gasteiger partial charge on any atom is -0.480 e. The van der Waals surface area contributed by atoms with E-state index < -0.39 is 6.16 Å². The number of rotatable bonds is 2. The SMILES string of the molecule is COC(=O)Oc1ccc(C#N)c(OC)n1. The van der Waals surface area contributed by atoms with E-state index in [1.165, 1.54) is 26.4 Å². The molecule has 0 saturated carbocycles. The Balaban J connectivity index is 2.94. The van der Waals surface area contributed by atoms with Gasteiger partial charge in [0.2, 0.25) is 11.8 Å². The van der Waals surface area contributed by atoms with Gasteiger partial charge in [0.1, 0.15) is 11.6 Å². The fourth-order valence-corrected chi connectivity index (χ4v) is 0.848. The van der Waals surface area contributed by atoms with Crippen molar-refractivity contribution in [3.05, 3.63) is 17.7 Å². The summed E-state index contributed by atoms with van der Waals surface area (Å²) in [5, 5.41) is 8.67. The minimum atomic E-state index is -0.880. The molecule has 1 aromatic rings. The van der Waals surface area contributed by atoms with Gasteiger partial charge in [-0.25, -0.2) is 4.79 Å². The predicted molar refractivity (Wildman–Crippen MR) is 48.5 cm³/mol. The van der Waals surface area contributed by atoms with Crippen LogP contribution >= 0.6 is 0 Å². The van der Waals surface area contributed by atoms with E-state index >= 15 is 0 Å². The second-order valence-electron chi connectivity index (χ2n) is 2.37. The van der Waals surface area contributed by atoms with E-state index in [9.17, 15) is 4.79 Å². The number of carbonyl (C=O) groups is 1. The van der Waals surface area contributed by atoms with E-state index in [0.717, 1.165) is 0 Å². The number of hydrogen-bond donors (Lipinski definition) is 0.